The summed E-state index contributed by atoms with van der Waals surface area (Å²) in [6, 6.07) is 5.76. The van der Waals surface area contributed by atoms with Crippen LogP contribution in [0.2, 0.25) is 0 Å². The molecule has 1 aliphatic carbocycles. The Hall–Kier alpha value is -1.40. The van der Waals surface area contributed by atoms with E-state index in [1.165, 1.54) is 0 Å². The van der Waals surface area contributed by atoms with E-state index in [1.807, 2.05) is 37.1 Å². The Bertz CT molecular complexity index is 658. The van der Waals surface area contributed by atoms with Crippen molar-refractivity contribution in [3.63, 3.8) is 0 Å². The lowest BCUT2D eigenvalue weighted by Crippen LogP contribution is -2.36. The molecule has 0 aromatic heterocycles. The summed E-state index contributed by atoms with van der Waals surface area (Å²) in [5.41, 5.74) is 1.62. The lowest BCUT2D eigenvalue weighted by molar-refractivity contribution is -0.152. The van der Waals surface area contributed by atoms with E-state index in [0.717, 1.165) is 41.4 Å². The Morgan fingerprint density at radius 1 is 1.46 bits per heavy atom. The second-order valence-electron chi connectivity index (χ2n) is 7.07. The molecule has 1 aliphatic heterocycles. The number of hydrogen-bond acceptors (Lipinski definition) is 4. The van der Waals surface area contributed by atoms with Gasteiger partial charge in [-0.2, -0.15) is 0 Å². The summed E-state index contributed by atoms with van der Waals surface area (Å²) in [7, 11) is 1.88. The van der Waals surface area contributed by atoms with Crippen LogP contribution in [0.1, 0.15) is 31.2 Å². The molecule has 1 heterocycles. The summed E-state index contributed by atoms with van der Waals surface area (Å²) in [6.45, 7) is 2.83. The number of benzene rings is 1. The van der Waals surface area contributed by atoms with Gasteiger partial charge >= 0.3 is 5.97 Å². The van der Waals surface area contributed by atoms with Gasteiger partial charge in [-0.1, -0.05) is 22.4 Å². The van der Waals surface area contributed by atoms with Crippen molar-refractivity contribution >= 4 is 33.5 Å². The van der Waals surface area contributed by atoms with Crippen LogP contribution in [0.4, 0.5) is 5.69 Å². The van der Waals surface area contributed by atoms with Gasteiger partial charge in [-0.05, 0) is 50.6 Å². The van der Waals surface area contributed by atoms with Gasteiger partial charge in [-0.15, -0.1) is 0 Å². The zero-order chi connectivity index (χ0) is 17.3. The highest BCUT2D eigenvalue weighted by Crippen LogP contribution is 2.50. The Labute approximate surface area is 150 Å². The summed E-state index contributed by atoms with van der Waals surface area (Å²) in [6.07, 6.45) is 3.73. The summed E-state index contributed by atoms with van der Waals surface area (Å²) in [4.78, 5) is 26.1. The Balaban J connectivity index is 1.49. The van der Waals surface area contributed by atoms with Gasteiger partial charge in [-0.3, -0.25) is 14.5 Å². The first-order valence-electron chi connectivity index (χ1n) is 8.34. The van der Waals surface area contributed by atoms with Crippen LogP contribution in [0, 0.1) is 12.3 Å². The Morgan fingerprint density at radius 2 is 2.21 bits per heavy atom. The molecule has 1 spiro atoms. The van der Waals surface area contributed by atoms with Crippen LogP contribution in [-0.2, 0) is 14.3 Å². The Kier molecular flexibility index (Phi) is 4.97. The first-order valence-corrected chi connectivity index (χ1v) is 9.13. The highest BCUT2D eigenvalue weighted by atomic mass is 79.9. The molecule has 1 saturated carbocycles. The van der Waals surface area contributed by atoms with Gasteiger partial charge in [0, 0.05) is 23.1 Å². The molecule has 6 heteroatoms. The molecule has 1 aromatic rings. The topological polar surface area (TPSA) is 58.6 Å². The molecule has 1 aromatic carbocycles. The van der Waals surface area contributed by atoms with E-state index in [0.29, 0.717) is 6.54 Å². The Morgan fingerprint density at radius 3 is 2.79 bits per heavy atom. The van der Waals surface area contributed by atoms with Gasteiger partial charge in [0.15, 0.2) is 0 Å². The van der Waals surface area contributed by atoms with E-state index >= 15 is 0 Å². The molecular formula is C18H23BrN2O3. The first-order chi connectivity index (χ1) is 11.4. The predicted molar refractivity (Wildman–Crippen MR) is 95.8 cm³/mol. The molecular weight excluding hydrogens is 372 g/mol. The van der Waals surface area contributed by atoms with E-state index < -0.39 is 0 Å². The minimum absolute atomic E-state index is 0.0397. The number of cyclic esters (lactones) is 1. The highest BCUT2D eigenvalue weighted by Gasteiger charge is 2.52. The number of carbonyl (C=O) groups is 2. The molecule has 0 radical (unpaired) electrons. The lowest BCUT2D eigenvalue weighted by Gasteiger charge is -2.33. The van der Waals surface area contributed by atoms with Crippen molar-refractivity contribution in [1.29, 1.82) is 0 Å². The normalized spacial score (nSPS) is 21.7. The number of rotatable bonds is 5. The van der Waals surface area contributed by atoms with Gasteiger partial charge in [0.2, 0.25) is 5.91 Å². The zero-order valence-corrected chi connectivity index (χ0v) is 15.7. The number of nitrogens with one attached hydrogen (secondary N) is 1. The third-order valence-corrected chi connectivity index (χ3v) is 5.52. The zero-order valence-electron chi connectivity index (χ0n) is 14.1. The van der Waals surface area contributed by atoms with E-state index in [2.05, 4.69) is 21.2 Å². The molecule has 1 atom stereocenters. The number of nitrogens with zero attached hydrogens (tertiary/aromatic N) is 1. The minimum atomic E-state index is -0.206. The molecule has 5 nitrogen and oxygen atoms in total. The average molecular weight is 395 g/mol. The quantitative estimate of drug-likeness (QED) is 0.779. The molecule has 1 saturated heterocycles. The van der Waals surface area contributed by atoms with E-state index in [-0.39, 0.29) is 29.9 Å². The number of likely N-dealkylation sites (N-methyl/N-ethyl adjacent to an activating group) is 1. The third kappa shape index (κ3) is 3.64. The van der Waals surface area contributed by atoms with Crippen molar-refractivity contribution in [2.24, 2.45) is 5.41 Å². The summed E-state index contributed by atoms with van der Waals surface area (Å²) >= 11 is 3.41. The molecule has 1 amide bonds. The highest BCUT2D eigenvalue weighted by molar-refractivity contribution is 9.10. The number of aryl methyl sites for hydroxylation is 1. The number of ether oxygens (including phenoxy) is 1. The van der Waals surface area contributed by atoms with E-state index in [4.69, 9.17) is 4.74 Å². The fourth-order valence-corrected chi connectivity index (χ4v) is 4.04. The molecule has 2 aliphatic rings. The molecule has 0 unspecified atom stereocenters. The third-order valence-electron chi connectivity index (χ3n) is 5.03. The maximum Gasteiger partial charge on any atom is 0.312 e. The summed E-state index contributed by atoms with van der Waals surface area (Å²) in [5, 5.41) is 2.93. The number of carbonyl (C=O) groups excluding carboxylic acids is 2. The number of anilines is 1. The molecule has 3 rings (SSSR count). The van der Waals surface area contributed by atoms with Crippen LogP contribution in [-0.4, -0.2) is 43.0 Å². The molecule has 0 bridgehead atoms. The predicted octanol–water partition coefficient (Wildman–Crippen LogP) is 3.11. The van der Waals surface area contributed by atoms with Crippen molar-refractivity contribution in [3.05, 3.63) is 28.2 Å². The van der Waals surface area contributed by atoms with Gasteiger partial charge in [-0.25, -0.2) is 0 Å². The standard InChI is InChI=1S/C18H23BrN2O3/c1-12-8-13(19)4-5-15(12)20-16(22)11-21(2)10-14-9-18(6-3-7-18)17(23)24-14/h4-5,8,14H,3,6-7,9-11H2,1-2H3,(H,20,22)/t14-/m1/s1. The van der Waals surface area contributed by atoms with Crippen LogP contribution >= 0.6 is 15.9 Å². The molecule has 1 N–H and O–H groups in total. The smallest absolute Gasteiger partial charge is 0.312 e. The fourth-order valence-electron chi connectivity index (χ4n) is 3.57. The number of amides is 1. The van der Waals surface area contributed by atoms with Crippen LogP contribution in [0.5, 0.6) is 0 Å². The first kappa shape index (κ1) is 17.4. The number of hydrogen-bond donors (Lipinski definition) is 1. The fraction of sp³-hybridized carbons (Fsp3) is 0.556. The van der Waals surface area contributed by atoms with Gasteiger partial charge < -0.3 is 10.1 Å². The van der Waals surface area contributed by atoms with Crippen molar-refractivity contribution < 1.29 is 14.3 Å². The average Bonchev–Trinajstić information content (AvgIpc) is 2.78. The molecule has 130 valence electrons. The van der Waals surface area contributed by atoms with Gasteiger partial charge in [0.1, 0.15) is 6.10 Å². The van der Waals surface area contributed by atoms with Crippen LogP contribution < -0.4 is 5.32 Å². The van der Waals surface area contributed by atoms with Crippen molar-refractivity contribution in [3.8, 4) is 0 Å². The maximum absolute atomic E-state index is 12.2. The molecule has 2 fully saturated rings. The minimum Gasteiger partial charge on any atom is -0.461 e. The number of esters is 1. The maximum atomic E-state index is 12.2. The second kappa shape index (κ2) is 6.84. The SMILES string of the molecule is Cc1cc(Br)ccc1NC(=O)CN(C)C[C@H]1CC2(CCC2)C(=O)O1. The number of halogens is 1. The van der Waals surface area contributed by atoms with Gasteiger partial charge in [0.25, 0.3) is 0 Å². The summed E-state index contributed by atoms with van der Waals surface area (Å²) < 4.78 is 6.49. The van der Waals surface area contributed by atoms with Crippen LogP contribution in [0.3, 0.4) is 0 Å². The van der Waals surface area contributed by atoms with Gasteiger partial charge in [0.05, 0.1) is 12.0 Å². The van der Waals surface area contributed by atoms with Crippen LogP contribution in [0.25, 0.3) is 0 Å². The van der Waals surface area contributed by atoms with E-state index in [1.54, 1.807) is 0 Å². The van der Waals surface area contributed by atoms with Crippen molar-refractivity contribution in [2.75, 3.05) is 25.5 Å². The molecule has 24 heavy (non-hydrogen) atoms. The second-order valence-corrected chi connectivity index (χ2v) is 7.99. The van der Waals surface area contributed by atoms with Crippen molar-refractivity contribution in [1.82, 2.24) is 4.90 Å². The van der Waals surface area contributed by atoms with Crippen molar-refractivity contribution in [2.45, 2.75) is 38.7 Å². The largest absolute Gasteiger partial charge is 0.461 e. The monoisotopic (exact) mass is 394 g/mol. The van der Waals surface area contributed by atoms with E-state index in [9.17, 15) is 9.59 Å². The van der Waals surface area contributed by atoms with Crippen LogP contribution in [0.15, 0.2) is 22.7 Å². The lowest BCUT2D eigenvalue weighted by atomic mass is 9.67. The summed E-state index contributed by atoms with van der Waals surface area (Å²) in [5.74, 6) is -0.104.